The molecule has 3 heterocycles. The zero-order valence-electron chi connectivity index (χ0n) is 14.9. The number of carbonyl (C=O) groups excluding carboxylic acids is 2. The molecule has 26 heavy (non-hydrogen) atoms. The maximum absolute atomic E-state index is 12.7. The molecule has 0 aromatic carbocycles. The first-order valence-corrected chi connectivity index (χ1v) is 9.98. The molecule has 0 aliphatic carbocycles. The second-order valence-corrected chi connectivity index (χ2v) is 7.67. The number of halogens is 1. The first-order chi connectivity index (χ1) is 12.5. The number of rotatable bonds is 5. The van der Waals surface area contributed by atoms with E-state index in [9.17, 15) is 9.59 Å². The van der Waals surface area contributed by atoms with Crippen molar-refractivity contribution in [3.05, 3.63) is 33.0 Å². The van der Waals surface area contributed by atoms with Crippen LogP contribution in [0.25, 0.3) is 0 Å². The van der Waals surface area contributed by atoms with Crippen LogP contribution in [0.3, 0.4) is 0 Å². The van der Waals surface area contributed by atoms with Crippen molar-refractivity contribution in [3.63, 3.8) is 0 Å². The number of amides is 2. The van der Waals surface area contributed by atoms with Crippen LogP contribution in [0.2, 0.25) is 5.02 Å². The lowest BCUT2D eigenvalue weighted by atomic mass is 10.1. The number of thiophene rings is 1. The molecule has 1 unspecified atom stereocenters. The Morgan fingerprint density at radius 3 is 2.85 bits per heavy atom. The van der Waals surface area contributed by atoms with Gasteiger partial charge in [-0.2, -0.15) is 0 Å². The Kier molecular flexibility index (Phi) is 5.93. The van der Waals surface area contributed by atoms with E-state index in [0.717, 1.165) is 18.1 Å². The highest BCUT2D eigenvalue weighted by molar-refractivity contribution is 7.12. The fraction of sp³-hybridized carbons (Fsp3) is 0.529. The van der Waals surface area contributed by atoms with Gasteiger partial charge in [-0.1, -0.05) is 25.4 Å². The predicted octanol–water partition coefficient (Wildman–Crippen LogP) is 2.35. The van der Waals surface area contributed by atoms with E-state index in [2.05, 4.69) is 15.5 Å². The van der Waals surface area contributed by atoms with Crippen LogP contribution in [0.4, 0.5) is 0 Å². The van der Waals surface area contributed by atoms with Crippen LogP contribution < -0.4 is 5.32 Å². The van der Waals surface area contributed by atoms with Crippen LogP contribution >= 0.6 is 22.9 Å². The van der Waals surface area contributed by atoms with Crippen LogP contribution in [0.1, 0.15) is 41.6 Å². The minimum Gasteiger partial charge on any atom is -0.349 e. The van der Waals surface area contributed by atoms with Gasteiger partial charge < -0.3 is 14.8 Å². The Morgan fingerprint density at radius 2 is 2.15 bits per heavy atom. The molecule has 0 radical (unpaired) electrons. The highest BCUT2D eigenvalue weighted by atomic mass is 35.5. The monoisotopic (exact) mass is 395 g/mol. The summed E-state index contributed by atoms with van der Waals surface area (Å²) in [5.74, 6) is 1.51. The van der Waals surface area contributed by atoms with Crippen LogP contribution in [0.5, 0.6) is 0 Å². The van der Waals surface area contributed by atoms with E-state index in [-0.39, 0.29) is 17.7 Å². The average molecular weight is 396 g/mol. The molecule has 2 aromatic heterocycles. The fourth-order valence-electron chi connectivity index (χ4n) is 2.83. The van der Waals surface area contributed by atoms with Gasteiger partial charge in [-0.05, 0) is 17.9 Å². The molecule has 0 spiro atoms. The summed E-state index contributed by atoms with van der Waals surface area (Å²) in [6.45, 7) is 5.97. The van der Waals surface area contributed by atoms with Gasteiger partial charge in [0, 0.05) is 32.0 Å². The van der Waals surface area contributed by atoms with Crippen LogP contribution in [0.15, 0.2) is 11.4 Å². The van der Waals surface area contributed by atoms with Crippen molar-refractivity contribution in [1.29, 1.82) is 0 Å². The molecule has 0 saturated carbocycles. The predicted molar refractivity (Wildman–Crippen MR) is 100 cm³/mol. The number of hydrogen-bond donors (Lipinski definition) is 1. The lowest BCUT2D eigenvalue weighted by Gasteiger charge is -2.19. The summed E-state index contributed by atoms with van der Waals surface area (Å²) in [7, 11) is 0. The second-order valence-electron chi connectivity index (χ2n) is 6.35. The first-order valence-electron chi connectivity index (χ1n) is 8.72. The van der Waals surface area contributed by atoms with E-state index >= 15 is 0 Å². The van der Waals surface area contributed by atoms with Gasteiger partial charge in [0.2, 0.25) is 5.91 Å². The molecule has 7 nitrogen and oxygen atoms in total. The second kappa shape index (κ2) is 8.18. The molecule has 0 fully saturated rings. The number of fused-ring (bicyclic) bond motifs is 1. The Labute approximate surface area is 161 Å². The number of aromatic nitrogens is 3. The molecule has 1 N–H and O–H groups in total. The van der Waals surface area contributed by atoms with Gasteiger partial charge in [0.15, 0.2) is 5.82 Å². The molecule has 140 valence electrons. The van der Waals surface area contributed by atoms with E-state index in [1.54, 1.807) is 11.0 Å². The summed E-state index contributed by atoms with van der Waals surface area (Å²) in [5, 5.41) is 13.7. The smallest absolute Gasteiger partial charge is 0.265 e. The zero-order valence-corrected chi connectivity index (χ0v) is 16.4. The maximum atomic E-state index is 12.7. The highest BCUT2D eigenvalue weighted by Gasteiger charge is 2.24. The van der Waals surface area contributed by atoms with E-state index in [4.69, 9.17) is 11.6 Å². The molecule has 0 saturated heterocycles. The van der Waals surface area contributed by atoms with Crippen LogP contribution in [-0.2, 0) is 24.3 Å². The summed E-state index contributed by atoms with van der Waals surface area (Å²) >= 11 is 7.45. The highest BCUT2D eigenvalue weighted by Crippen LogP contribution is 2.24. The summed E-state index contributed by atoms with van der Waals surface area (Å²) in [4.78, 5) is 27.0. The first kappa shape index (κ1) is 18.8. The van der Waals surface area contributed by atoms with Gasteiger partial charge in [-0.25, -0.2) is 0 Å². The number of nitrogens with zero attached hydrogens (tertiary/aromatic N) is 4. The van der Waals surface area contributed by atoms with Gasteiger partial charge in [0.05, 0.1) is 11.6 Å². The average Bonchev–Trinajstić information content (AvgIpc) is 3.18. The van der Waals surface area contributed by atoms with Crippen molar-refractivity contribution in [2.24, 2.45) is 5.92 Å². The zero-order chi connectivity index (χ0) is 18.7. The van der Waals surface area contributed by atoms with Crippen molar-refractivity contribution in [2.45, 2.75) is 39.8 Å². The third-order valence-electron chi connectivity index (χ3n) is 4.68. The SMILES string of the molecule is CCC(C)C(=O)NCc1nnc2n1CCN(C(=O)c1sccc1Cl)CC2. The molecule has 2 amide bonds. The molecule has 1 atom stereocenters. The van der Waals surface area contributed by atoms with Gasteiger partial charge >= 0.3 is 0 Å². The van der Waals surface area contributed by atoms with E-state index in [1.807, 2.05) is 23.8 Å². The normalized spacial score (nSPS) is 15.3. The van der Waals surface area contributed by atoms with Crippen molar-refractivity contribution in [1.82, 2.24) is 25.0 Å². The summed E-state index contributed by atoms with van der Waals surface area (Å²) in [6.07, 6.45) is 1.42. The Bertz CT molecular complexity index is 803. The Balaban J connectivity index is 1.65. The molecule has 9 heteroatoms. The number of carbonyl (C=O) groups is 2. The largest absolute Gasteiger partial charge is 0.349 e. The molecular weight excluding hydrogens is 374 g/mol. The Hall–Kier alpha value is -1.93. The van der Waals surface area contributed by atoms with Gasteiger partial charge in [0.25, 0.3) is 5.91 Å². The summed E-state index contributed by atoms with van der Waals surface area (Å²) in [6, 6.07) is 1.74. The molecule has 1 aliphatic rings. The van der Waals surface area contributed by atoms with E-state index in [0.29, 0.717) is 42.5 Å². The van der Waals surface area contributed by atoms with E-state index < -0.39 is 0 Å². The summed E-state index contributed by atoms with van der Waals surface area (Å²) in [5.41, 5.74) is 0. The number of nitrogens with one attached hydrogen (secondary N) is 1. The minimum absolute atomic E-state index is 0.0163. The van der Waals surface area contributed by atoms with Crippen molar-refractivity contribution < 1.29 is 9.59 Å². The van der Waals surface area contributed by atoms with Crippen molar-refractivity contribution in [3.8, 4) is 0 Å². The Morgan fingerprint density at radius 1 is 1.35 bits per heavy atom. The lowest BCUT2D eigenvalue weighted by Crippen LogP contribution is -2.33. The molecule has 1 aliphatic heterocycles. The fourth-order valence-corrected chi connectivity index (χ4v) is 3.94. The topological polar surface area (TPSA) is 80.1 Å². The van der Waals surface area contributed by atoms with E-state index in [1.165, 1.54) is 11.3 Å². The van der Waals surface area contributed by atoms with Crippen molar-refractivity contribution >= 4 is 34.8 Å². The van der Waals surface area contributed by atoms with Crippen LogP contribution in [0, 0.1) is 5.92 Å². The summed E-state index contributed by atoms with van der Waals surface area (Å²) < 4.78 is 2.00. The van der Waals surface area contributed by atoms with Gasteiger partial charge in [0.1, 0.15) is 10.7 Å². The standard InChI is InChI=1S/C17H22ClN5O2S/c1-3-11(2)16(24)19-10-14-21-20-13-4-6-22(7-8-23(13)14)17(25)15-12(18)5-9-26-15/h5,9,11H,3-4,6-8,10H2,1-2H3,(H,19,24). The molecular formula is C17H22ClN5O2S. The van der Waals surface area contributed by atoms with Crippen LogP contribution in [-0.4, -0.2) is 44.6 Å². The quantitative estimate of drug-likeness (QED) is 0.842. The third kappa shape index (κ3) is 3.91. The van der Waals surface area contributed by atoms with Gasteiger partial charge in [-0.15, -0.1) is 21.5 Å². The lowest BCUT2D eigenvalue weighted by molar-refractivity contribution is -0.124. The third-order valence-corrected chi connectivity index (χ3v) is 6.01. The maximum Gasteiger partial charge on any atom is 0.265 e. The van der Waals surface area contributed by atoms with Gasteiger partial charge in [-0.3, -0.25) is 9.59 Å². The molecule has 2 aromatic rings. The van der Waals surface area contributed by atoms with Crippen molar-refractivity contribution in [2.75, 3.05) is 13.1 Å². The molecule has 0 bridgehead atoms. The minimum atomic E-state index is -0.0460. The molecule has 3 rings (SSSR count). The number of hydrogen-bond acceptors (Lipinski definition) is 5.